The number of hydrogen-bond acceptors (Lipinski definition) is 1. The fourth-order valence-electron chi connectivity index (χ4n) is 1.96. The molecule has 0 fully saturated rings. The first-order valence-corrected chi connectivity index (χ1v) is 6.48. The number of aryl methyl sites for hydroxylation is 2. The maximum atomic E-state index is 13.2. The SMILES string of the molecule is Cc1cc(C(O)c2ccc(Br)cc2C)ccc1F. The van der Waals surface area contributed by atoms with Crippen LogP contribution in [-0.4, -0.2) is 5.11 Å². The van der Waals surface area contributed by atoms with Gasteiger partial charge in [-0.3, -0.25) is 0 Å². The number of rotatable bonds is 2. The summed E-state index contributed by atoms with van der Waals surface area (Å²) in [7, 11) is 0. The Morgan fingerprint density at radius 3 is 2.39 bits per heavy atom. The Morgan fingerprint density at radius 1 is 1.06 bits per heavy atom. The molecular formula is C15H14BrFO. The van der Waals surface area contributed by atoms with Crippen LogP contribution in [0, 0.1) is 19.7 Å². The summed E-state index contributed by atoms with van der Waals surface area (Å²) in [4.78, 5) is 0. The molecule has 0 amide bonds. The Kier molecular flexibility index (Phi) is 3.83. The van der Waals surface area contributed by atoms with Crippen molar-refractivity contribution >= 4 is 15.9 Å². The van der Waals surface area contributed by atoms with Gasteiger partial charge in [-0.15, -0.1) is 0 Å². The molecule has 0 radical (unpaired) electrons. The van der Waals surface area contributed by atoms with Gasteiger partial charge in [-0.2, -0.15) is 0 Å². The molecule has 94 valence electrons. The van der Waals surface area contributed by atoms with Crippen molar-refractivity contribution in [1.29, 1.82) is 0 Å². The molecule has 0 spiro atoms. The smallest absolute Gasteiger partial charge is 0.126 e. The van der Waals surface area contributed by atoms with E-state index < -0.39 is 6.10 Å². The molecule has 1 nitrogen and oxygen atoms in total. The van der Waals surface area contributed by atoms with Crippen molar-refractivity contribution in [3.05, 3.63) is 68.9 Å². The van der Waals surface area contributed by atoms with Crippen LogP contribution in [0.4, 0.5) is 4.39 Å². The molecular weight excluding hydrogens is 295 g/mol. The summed E-state index contributed by atoms with van der Waals surface area (Å²) < 4.78 is 14.2. The van der Waals surface area contributed by atoms with Crippen LogP contribution < -0.4 is 0 Å². The molecule has 1 N–H and O–H groups in total. The number of aliphatic hydroxyl groups is 1. The van der Waals surface area contributed by atoms with E-state index in [1.807, 2.05) is 25.1 Å². The Hall–Kier alpha value is -1.19. The van der Waals surface area contributed by atoms with Crippen molar-refractivity contribution < 1.29 is 9.50 Å². The first-order valence-electron chi connectivity index (χ1n) is 5.69. The van der Waals surface area contributed by atoms with E-state index in [-0.39, 0.29) is 5.82 Å². The molecule has 1 unspecified atom stereocenters. The zero-order chi connectivity index (χ0) is 13.3. The number of hydrogen-bond donors (Lipinski definition) is 1. The van der Waals surface area contributed by atoms with E-state index in [0.29, 0.717) is 11.1 Å². The van der Waals surface area contributed by atoms with E-state index in [0.717, 1.165) is 15.6 Å². The van der Waals surface area contributed by atoms with Crippen LogP contribution in [0.3, 0.4) is 0 Å². The predicted molar refractivity (Wildman–Crippen MR) is 74.1 cm³/mol. The molecule has 1 atom stereocenters. The zero-order valence-corrected chi connectivity index (χ0v) is 11.8. The van der Waals surface area contributed by atoms with E-state index in [9.17, 15) is 9.50 Å². The van der Waals surface area contributed by atoms with E-state index >= 15 is 0 Å². The van der Waals surface area contributed by atoms with Gasteiger partial charge >= 0.3 is 0 Å². The third-order valence-corrected chi connectivity index (χ3v) is 3.52. The minimum atomic E-state index is -0.725. The second-order valence-corrected chi connectivity index (χ2v) is 5.33. The highest BCUT2D eigenvalue weighted by Gasteiger charge is 2.14. The predicted octanol–water partition coefficient (Wildman–Crippen LogP) is 4.29. The molecule has 0 bridgehead atoms. The third-order valence-electron chi connectivity index (χ3n) is 3.02. The van der Waals surface area contributed by atoms with Crippen LogP contribution in [0.5, 0.6) is 0 Å². The van der Waals surface area contributed by atoms with Crippen molar-refractivity contribution in [1.82, 2.24) is 0 Å². The lowest BCUT2D eigenvalue weighted by Gasteiger charge is -2.15. The van der Waals surface area contributed by atoms with Crippen LogP contribution in [0.15, 0.2) is 40.9 Å². The van der Waals surface area contributed by atoms with Gasteiger partial charge in [0, 0.05) is 4.47 Å². The fourth-order valence-corrected chi connectivity index (χ4v) is 2.44. The van der Waals surface area contributed by atoms with E-state index in [1.165, 1.54) is 6.07 Å². The molecule has 2 rings (SSSR count). The summed E-state index contributed by atoms with van der Waals surface area (Å²) in [5.74, 6) is -0.251. The number of benzene rings is 2. The Balaban J connectivity index is 2.41. The minimum absolute atomic E-state index is 0.251. The van der Waals surface area contributed by atoms with Crippen LogP contribution in [-0.2, 0) is 0 Å². The normalized spacial score (nSPS) is 12.5. The van der Waals surface area contributed by atoms with Crippen LogP contribution in [0.2, 0.25) is 0 Å². The van der Waals surface area contributed by atoms with Crippen molar-refractivity contribution in [2.75, 3.05) is 0 Å². The van der Waals surface area contributed by atoms with Gasteiger partial charge in [0.1, 0.15) is 11.9 Å². The van der Waals surface area contributed by atoms with Gasteiger partial charge in [0.05, 0.1) is 0 Å². The highest BCUT2D eigenvalue weighted by Crippen LogP contribution is 2.27. The summed E-state index contributed by atoms with van der Waals surface area (Å²) in [6.07, 6.45) is -0.725. The lowest BCUT2D eigenvalue weighted by molar-refractivity contribution is 0.219. The maximum absolute atomic E-state index is 13.2. The molecule has 2 aromatic rings. The van der Waals surface area contributed by atoms with Gasteiger partial charge in [-0.1, -0.05) is 34.1 Å². The second-order valence-electron chi connectivity index (χ2n) is 4.41. The van der Waals surface area contributed by atoms with Crippen molar-refractivity contribution in [3.63, 3.8) is 0 Å². The molecule has 0 saturated carbocycles. The van der Waals surface area contributed by atoms with E-state index in [4.69, 9.17) is 0 Å². The highest BCUT2D eigenvalue weighted by atomic mass is 79.9. The third kappa shape index (κ3) is 2.62. The quantitative estimate of drug-likeness (QED) is 0.877. The van der Waals surface area contributed by atoms with Gasteiger partial charge in [0.25, 0.3) is 0 Å². The molecule has 0 aliphatic heterocycles. The van der Waals surface area contributed by atoms with Crippen molar-refractivity contribution in [2.45, 2.75) is 20.0 Å². The topological polar surface area (TPSA) is 20.2 Å². The van der Waals surface area contributed by atoms with Crippen molar-refractivity contribution in [3.8, 4) is 0 Å². The van der Waals surface area contributed by atoms with E-state index in [1.54, 1.807) is 19.1 Å². The first-order chi connectivity index (χ1) is 8.49. The van der Waals surface area contributed by atoms with Crippen molar-refractivity contribution in [2.24, 2.45) is 0 Å². The molecule has 2 aromatic carbocycles. The van der Waals surface area contributed by atoms with Gasteiger partial charge < -0.3 is 5.11 Å². The summed E-state index contributed by atoms with van der Waals surface area (Å²) >= 11 is 3.39. The first kappa shape index (κ1) is 13.2. The number of halogens is 2. The molecule has 0 saturated heterocycles. The lowest BCUT2D eigenvalue weighted by Crippen LogP contribution is -2.02. The standard InChI is InChI=1S/C15H14BrFO/c1-9-8-12(16)4-5-13(9)15(18)11-3-6-14(17)10(2)7-11/h3-8,15,18H,1-2H3. The van der Waals surface area contributed by atoms with Gasteiger partial charge in [0.2, 0.25) is 0 Å². The second kappa shape index (κ2) is 5.21. The fraction of sp³-hybridized carbons (Fsp3) is 0.200. The van der Waals surface area contributed by atoms with Crippen LogP contribution in [0.25, 0.3) is 0 Å². The van der Waals surface area contributed by atoms with Gasteiger partial charge in [0.15, 0.2) is 0 Å². The Morgan fingerprint density at radius 2 is 1.78 bits per heavy atom. The van der Waals surface area contributed by atoms with Crippen LogP contribution in [0.1, 0.15) is 28.4 Å². The lowest BCUT2D eigenvalue weighted by atomic mass is 9.96. The summed E-state index contributed by atoms with van der Waals surface area (Å²) in [5.41, 5.74) is 3.09. The number of aliphatic hydroxyl groups excluding tert-OH is 1. The Bertz CT molecular complexity index is 581. The molecule has 0 aliphatic carbocycles. The zero-order valence-electron chi connectivity index (χ0n) is 10.2. The average molecular weight is 309 g/mol. The van der Waals surface area contributed by atoms with Gasteiger partial charge in [-0.25, -0.2) is 4.39 Å². The van der Waals surface area contributed by atoms with E-state index in [2.05, 4.69) is 15.9 Å². The monoisotopic (exact) mass is 308 g/mol. The molecule has 18 heavy (non-hydrogen) atoms. The molecule has 3 heteroatoms. The maximum Gasteiger partial charge on any atom is 0.126 e. The summed E-state index contributed by atoms with van der Waals surface area (Å²) in [6, 6.07) is 10.4. The molecule has 0 heterocycles. The van der Waals surface area contributed by atoms with Crippen LogP contribution >= 0.6 is 15.9 Å². The van der Waals surface area contributed by atoms with Gasteiger partial charge in [-0.05, 0) is 54.3 Å². The Labute approximate surface area is 114 Å². The molecule has 0 aliphatic rings. The average Bonchev–Trinajstić information content (AvgIpc) is 2.32. The minimum Gasteiger partial charge on any atom is -0.384 e. The molecule has 0 aromatic heterocycles. The highest BCUT2D eigenvalue weighted by molar-refractivity contribution is 9.10. The summed E-state index contributed by atoms with van der Waals surface area (Å²) in [6.45, 7) is 3.64. The largest absolute Gasteiger partial charge is 0.384 e. The summed E-state index contributed by atoms with van der Waals surface area (Å²) in [5, 5.41) is 10.3.